The van der Waals surface area contributed by atoms with E-state index in [0.29, 0.717) is 35.9 Å². The SMILES string of the molecule is COCCOc1cccc(NC(=O)c2cccc(NC(=O)C3CC3)c2)c1. The van der Waals surface area contributed by atoms with Crippen LogP contribution in [0.5, 0.6) is 5.75 Å². The van der Waals surface area contributed by atoms with Crippen molar-refractivity contribution < 1.29 is 19.1 Å². The third-order valence-electron chi connectivity index (χ3n) is 3.99. The van der Waals surface area contributed by atoms with Crippen LogP contribution in [0.25, 0.3) is 0 Å². The number of carbonyl (C=O) groups excluding carboxylic acids is 2. The van der Waals surface area contributed by atoms with E-state index in [1.54, 1.807) is 43.5 Å². The third-order valence-corrected chi connectivity index (χ3v) is 3.99. The van der Waals surface area contributed by atoms with E-state index < -0.39 is 0 Å². The van der Waals surface area contributed by atoms with Gasteiger partial charge in [0.05, 0.1) is 6.61 Å². The molecule has 6 nitrogen and oxygen atoms in total. The van der Waals surface area contributed by atoms with Crippen molar-refractivity contribution in [3.8, 4) is 5.75 Å². The molecule has 0 radical (unpaired) electrons. The molecule has 0 atom stereocenters. The zero-order chi connectivity index (χ0) is 18.4. The number of benzene rings is 2. The van der Waals surface area contributed by atoms with Gasteiger partial charge in [-0.1, -0.05) is 12.1 Å². The molecule has 2 N–H and O–H groups in total. The number of methoxy groups -OCH3 is 1. The molecular formula is C20H22N2O4. The average molecular weight is 354 g/mol. The summed E-state index contributed by atoms with van der Waals surface area (Å²) in [7, 11) is 1.61. The Morgan fingerprint density at radius 3 is 2.46 bits per heavy atom. The van der Waals surface area contributed by atoms with Crippen LogP contribution in [0.4, 0.5) is 11.4 Å². The summed E-state index contributed by atoms with van der Waals surface area (Å²) in [5.41, 5.74) is 1.74. The van der Waals surface area contributed by atoms with E-state index in [9.17, 15) is 9.59 Å². The Balaban J connectivity index is 1.62. The van der Waals surface area contributed by atoms with Gasteiger partial charge in [0.25, 0.3) is 5.91 Å². The smallest absolute Gasteiger partial charge is 0.255 e. The Labute approximate surface area is 152 Å². The van der Waals surface area contributed by atoms with Crippen molar-refractivity contribution in [2.24, 2.45) is 5.92 Å². The summed E-state index contributed by atoms with van der Waals surface area (Å²) < 4.78 is 10.5. The average Bonchev–Trinajstić information content (AvgIpc) is 3.48. The number of hydrogen-bond acceptors (Lipinski definition) is 4. The Morgan fingerprint density at radius 1 is 1.00 bits per heavy atom. The van der Waals surface area contributed by atoms with Crippen LogP contribution in [-0.4, -0.2) is 32.1 Å². The first-order chi connectivity index (χ1) is 12.7. The molecule has 0 spiro atoms. The minimum absolute atomic E-state index is 0.0171. The fourth-order valence-electron chi connectivity index (χ4n) is 2.44. The lowest BCUT2D eigenvalue weighted by molar-refractivity contribution is -0.117. The van der Waals surface area contributed by atoms with E-state index in [0.717, 1.165) is 12.8 Å². The molecule has 2 amide bonds. The number of rotatable bonds is 8. The van der Waals surface area contributed by atoms with Gasteiger partial charge in [-0.05, 0) is 43.2 Å². The maximum Gasteiger partial charge on any atom is 0.255 e. The van der Waals surface area contributed by atoms with Gasteiger partial charge in [-0.3, -0.25) is 9.59 Å². The van der Waals surface area contributed by atoms with E-state index in [-0.39, 0.29) is 17.7 Å². The first kappa shape index (κ1) is 17.9. The van der Waals surface area contributed by atoms with Crippen molar-refractivity contribution >= 4 is 23.2 Å². The Morgan fingerprint density at radius 2 is 1.73 bits per heavy atom. The van der Waals surface area contributed by atoms with Crippen LogP contribution in [0.2, 0.25) is 0 Å². The summed E-state index contributed by atoms with van der Waals surface area (Å²) in [5, 5.41) is 5.69. The molecule has 0 saturated heterocycles. The summed E-state index contributed by atoms with van der Waals surface area (Å²) in [6, 6.07) is 14.1. The molecule has 1 aliphatic rings. The fraction of sp³-hybridized carbons (Fsp3) is 0.300. The molecule has 0 aliphatic heterocycles. The van der Waals surface area contributed by atoms with Crippen LogP contribution >= 0.6 is 0 Å². The molecule has 1 aliphatic carbocycles. The molecule has 136 valence electrons. The number of carbonyl (C=O) groups is 2. The molecule has 1 fully saturated rings. The predicted octanol–water partition coefficient (Wildman–Crippen LogP) is 3.31. The minimum atomic E-state index is -0.249. The second-order valence-electron chi connectivity index (χ2n) is 6.17. The van der Waals surface area contributed by atoms with Gasteiger partial charge in [-0.15, -0.1) is 0 Å². The molecule has 1 saturated carbocycles. The quantitative estimate of drug-likeness (QED) is 0.713. The number of hydrogen-bond donors (Lipinski definition) is 2. The summed E-state index contributed by atoms with van der Waals surface area (Å²) in [4.78, 5) is 24.3. The van der Waals surface area contributed by atoms with Crippen LogP contribution < -0.4 is 15.4 Å². The van der Waals surface area contributed by atoms with Gasteiger partial charge in [0, 0.05) is 36.0 Å². The predicted molar refractivity (Wildman–Crippen MR) is 99.6 cm³/mol. The Kier molecular flexibility index (Phi) is 5.86. The highest BCUT2D eigenvalue weighted by atomic mass is 16.5. The summed E-state index contributed by atoms with van der Waals surface area (Å²) >= 11 is 0. The van der Waals surface area contributed by atoms with Crippen LogP contribution in [-0.2, 0) is 9.53 Å². The zero-order valence-corrected chi connectivity index (χ0v) is 14.7. The van der Waals surface area contributed by atoms with Gasteiger partial charge in [-0.2, -0.15) is 0 Å². The Hall–Kier alpha value is -2.86. The van der Waals surface area contributed by atoms with E-state index in [4.69, 9.17) is 9.47 Å². The summed E-state index contributed by atoms with van der Waals surface area (Å²) in [6.45, 7) is 0.937. The standard InChI is InChI=1S/C20H22N2O4/c1-25-10-11-26-18-7-3-6-17(13-18)22-20(24)15-4-2-5-16(12-15)21-19(23)14-8-9-14/h2-7,12-14H,8-11H2,1H3,(H,21,23)(H,22,24). The van der Waals surface area contributed by atoms with Crippen molar-refractivity contribution in [1.82, 2.24) is 0 Å². The zero-order valence-electron chi connectivity index (χ0n) is 14.7. The van der Waals surface area contributed by atoms with Gasteiger partial charge >= 0.3 is 0 Å². The van der Waals surface area contributed by atoms with Gasteiger partial charge < -0.3 is 20.1 Å². The molecule has 2 aromatic rings. The van der Waals surface area contributed by atoms with Crippen LogP contribution in [0, 0.1) is 5.92 Å². The van der Waals surface area contributed by atoms with E-state index in [1.165, 1.54) is 0 Å². The second-order valence-corrected chi connectivity index (χ2v) is 6.17. The normalized spacial score (nSPS) is 13.1. The molecule has 0 bridgehead atoms. The lowest BCUT2D eigenvalue weighted by Gasteiger charge is -2.10. The third kappa shape index (κ3) is 5.07. The first-order valence-electron chi connectivity index (χ1n) is 8.60. The molecule has 2 aromatic carbocycles. The number of amides is 2. The van der Waals surface area contributed by atoms with Crippen molar-refractivity contribution in [2.45, 2.75) is 12.8 Å². The highest BCUT2D eigenvalue weighted by Crippen LogP contribution is 2.30. The molecule has 3 rings (SSSR count). The molecule has 0 heterocycles. The highest BCUT2D eigenvalue weighted by molar-refractivity contribution is 6.05. The van der Waals surface area contributed by atoms with Crippen LogP contribution in [0.1, 0.15) is 23.2 Å². The summed E-state index contributed by atoms with van der Waals surface area (Å²) in [5.74, 6) is 0.545. The second kappa shape index (κ2) is 8.49. The fourth-order valence-corrected chi connectivity index (χ4v) is 2.44. The van der Waals surface area contributed by atoms with E-state index >= 15 is 0 Å². The van der Waals surface area contributed by atoms with Crippen LogP contribution in [0.3, 0.4) is 0 Å². The number of nitrogens with one attached hydrogen (secondary N) is 2. The van der Waals surface area contributed by atoms with Gasteiger partial charge in [-0.25, -0.2) is 0 Å². The number of ether oxygens (including phenoxy) is 2. The van der Waals surface area contributed by atoms with E-state index in [1.807, 2.05) is 12.1 Å². The molecule has 26 heavy (non-hydrogen) atoms. The maximum atomic E-state index is 12.5. The van der Waals surface area contributed by atoms with Crippen molar-refractivity contribution in [1.29, 1.82) is 0 Å². The molecule has 6 heteroatoms. The monoisotopic (exact) mass is 354 g/mol. The lowest BCUT2D eigenvalue weighted by Crippen LogP contribution is -2.15. The molecular weight excluding hydrogens is 332 g/mol. The lowest BCUT2D eigenvalue weighted by atomic mass is 10.1. The van der Waals surface area contributed by atoms with Crippen molar-refractivity contribution in [2.75, 3.05) is 31.0 Å². The summed E-state index contributed by atoms with van der Waals surface area (Å²) in [6.07, 6.45) is 1.88. The van der Waals surface area contributed by atoms with Crippen molar-refractivity contribution in [3.05, 3.63) is 54.1 Å². The Bertz CT molecular complexity index is 787. The van der Waals surface area contributed by atoms with Crippen molar-refractivity contribution in [3.63, 3.8) is 0 Å². The van der Waals surface area contributed by atoms with E-state index in [2.05, 4.69) is 10.6 Å². The largest absolute Gasteiger partial charge is 0.491 e. The van der Waals surface area contributed by atoms with Gasteiger partial charge in [0.2, 0.25) is 5.91 Å². The molecule has 0 aromatic heterocycles. The van der Waals surface area contributed by atoms with Gasteiger partial charge in [0.1, 0.15) is 12.4 Å². The van der Waals surface area contributed by atoms with Crippen LogP contribution in [0.15, 0.2) is 48.5 Å². The topological polar surface area (TPSA) is 76.7 Å². The number of anilines is 2. The molecule has 0 unspecified atom stereocenters. The highest BCUT2D eigenvalue weighted by Gasteiger charge is 2.29. The van der Waals surface area contributed by atoms with Gasteiger partial charge in [0.15, 0.2) is 0 Å². The maximum absolute atomic E-state index is 12.5. The minimum Gasteiger partial charge on any atom is -0.491 e. The first-order valence-corrected chi connectivity index (χ1v) is 8.60.